The fraction of sp³-hybridized carbons (Fsp3) is 0.333. The predicted molar refractivity (Wildman–Crippen MR) is 118 cm³/mol. The van der Waals surface area contributed by atoms with Gasteiger partial charge in [-0.15, -0.1) is 4.40 Å². The monoisotopic (exact) mass is 460 g/mol. The van der Waals surface area contributed by atoms with Crippen LogP contribution in [0.2, 0.25) is 0 Å². The highest BCUT2D eigenvalue weighted by Gasteiger charge is 2.25. The highest BCUT2D eigenvalue weighted by Crippen LogP contribution is 2.17. The van der Waals surface area contributed by atoms with E-state index in [-0.39, 0.29) is 29.6 Å². The molecule has 0 atom stereocenters. The van der Waals surface area contributed by atoms with Crippen LogP contribution in [-0.4, -0.2) is 73.8 Å². The SMILES string of the molecule is CCN(CC)C(=O)c1ccc(NC(=O)COC(=O)C2=CN3CCS(=O)(=O)N=C3C=C2)cc1. The Hall–Kier alpha value is -3.47. The van der Waals surface area contributed by atoms with Crippen molar-refractivity contribution in [3.8, 4) is 0 Å². The van der Waals surface area contributed by atoms with Crippen molar-refractivity contribution in [3.05, 3.63) is 53.8 Å². The molecule has 0 bridgehead atoms. The molecule has 0 unspecified atom stereocenters. The number of esters is 1. The molecule has 32 heavy (non-hydrogen) atoms. The molecule has 1 N–H and O–H groups in total. The van der Waals surface area contributed by atoms with E-state index in [2.05, 4.69) is 9.71 Å². The second kappa shape index (κ2) is 9.77. The van der Waals surface area contributed by atoms with Gasteiger partial charge in [-0.3, -0.25) is 9.59 Å². The third-order valence-electron chi connectivity index (χ3n) is 4.86. The van der Waals surface area contributed by atoms with Crippen LogP contribution in [0.15, 0.2) is 52.6 Å². The molecule has 0 aromatic heterocycles. The number of amides is 2. The molecule has 1 aromatic rings. The molecule has 0 radical (unpaired) electrons. The van der Waals surface area contributed by atoms with E-state index in [9.17, 15) is 22.8 Å². The molecule has 0 spiro atoms. The highest BCUT2D eigenvalue weighted by molar-refractivity contribution is 7.90. The summed E-state index contributed by atoms with van der Waals surface area (Å²) < 4.78 is 31.7. The van der Waals surface area contributed by atoms with Crippen molar-refractivity contribution >= 4 is 39.3 Å². The number of amidine groups is 1. The van der Waals surface area contributed by atoms with Gasteiger partial charge in [-0.1, -0.05) is 0 Å². The van der Waals surface area contributed by atoms with Gasteiger partial charge in [-0.05, 0) is 50.3 Å². The van der Waals surface area contributed by atoms with Crippen LogP contribution >= 0.6 is 0 Å². The van der Waals surface area contributed by atoms with Gasteiger partial charge in [0, 0.05) is 37.1 Å². The third-order valence-corrected chi connectivity index (χ3v) is 6.02. The minimum atomic E-state index is -3.48. The van der Waals surface area contributed by atoms with Crippen LogP contribution in [-0.2, 0) is 24.3 Å². The van der Waals surface area contributed by atoms with Crippen LogP contribution < -0.4 is 5.32 Å². The molecule has 2 heterocycles. The lowest BCUT2D eigenvalue weighted by Gasteiger charge is -2.26. The maximum atomic E-state index is 12.3. The van der Waals surface area contributed by atoms with Gasteiger partial charge < -0.3 is 19.9 Å². The standard InChI is InChI=1S/C21H24N4O6S/c1-3-24(4-2)20(27)15-5-8-17(9-6-15)22-19(26)14-31-21(28)16-7-10-18-23-32(29,30)12-11-25(18)13-16/h5-10,13H,3-4,11-12,14H2,1-2H3,(H,22,26). The van der Waals surface area contributed by atoms with Gasteiger partial charge in [0.1, 0.15) is 5.84 Å². The van der Waals surface area contributed by atoms with Crippen LogP contribution in [0.25, 0.3) is 0 Å². The zero-order valence-electron chi connectivity index (χ0n) is 17.8. The van der Waals surface area contributed by atoms with Crippen molar-refractivity contribution in [2.24, 2.45) is 4.40 Å². The molecule has 0 saturated heterocycles. The van der Waals surface area contributed by atoms with E-state index in [1.165, 1.54) is 18.4 Å². The quantitative estimate of drug-likeness (QED) is 0.605. The largest absolute Gasteiger partial charge is 0.452 e. The van der Waals surface area contributed by atoms with Crippen LogP contribution in [0.4, 0.5) is 5.69 Å². The van der Waals surface area contributed by atoms with Gasteiger partial charge in [0.2, 0.25) is 0 Å². The van der Waals surface area contributed by atoms with E-state index in [1.54, 1.807) is 34.1 Å². The van der Waals surface area contributed by atoms with Gasteiger partial charge in [0.25, 0.3) is 21.8 Å². The van der Waals surface area contributed by atoms with Crippen molar-refractivity contribution in [2.45, 2.75) is 13.8 Å². The van der Waals surface area contributed by atoms with Crippen LogP contribution in [0.5, 0.6) is 0 Å². The number of carbonyl (C=O) groups is 3. The summed E-state index contributed by atoms with van der Waals surface area (Å²) >= 11 is 0. The Labute approximate surface area is 186 Å². The molecule has 2 amide bonds. The first kappa shape index (κ1) is 23.2. The number of sulfonamides is 1. The number of anilines is 1. The summed E-state index contributed by atoms with van der Waals surface area (Å²) in [5.74, 6) is -1.26. The van der Waals surface area contributed by atoms with E-state index >= 15 is 0 Å². The van der Waals surface area contributed by atoms with Gasteiger partial charge in [0.05, 0.1) is 11.3 Å². The van der Waals surface area contributed by atoms with E-state index in [0.717, 1.165) is 0 Å². The Morgan fingerprint density at radius 3 is 2.47 bits per heavy atom. The van der Waals surface area contributed by atoms with Crippen LogP contribution in [0, 0.1) is 0 Å². The molecule has 11 heteroatoms. The number of benzene rings is 1. The maximum absolute atomic E-state index is 12.3. The minimum Gasteiger partial charge on any atom is -0.452 e. The molecular weight excluding hydrogens is 436 g/mol. The predicted octanol–water partition coefficient (Wildman–Crippen LogP) is 1.15. The molecule has 3 rings (SSSR count). The molecule has 0 fully saturated rings. The summed E-state index contributed by atoms with van der Waals surface area (Å²) in [5.41, 5.74) is 1.16. The maximum Gasteiger partial charge on any atom is 0.340 e. The second-order valence-electron chi connectivity index (χ2n) is 7.03. The first-order valence-corrected chi connectivity index (χ1v) is 11.7. The summed E-state index contributed by atoms with van der Waals surface area (Å²) in [7, 11) is -3.48. The molecular formula is C21H24N4O6S. The molecule has 2 aliphatic rings. The number of hydrogen-bond acceptors (Lipinski definition) is 7. The van der Waals surface area contributed by atoms with E-state index in [4.69, 9.17) is 4.74 Å². The first-order chi connectivity index (χ1) is 15.2. The number of rotatable bonds is 7. The number of nitrogens with zero attached hydrogens (tertiary/aromatic N) is 3. The number of nitrogens with one attached hydrogen (secondary N) is 1. The zero-order chi connectivity index (χ0) is 23.3. The smallest absolute Gasteiger partial charge is 0.340 e. The Kier molecular flexibility index (Phi) is 7.08. The van der Waals surface area contributed by atoms with Crippen molar-refractivity contribution < 1.29 is 27.5 Å². The van der Waals surface area contributed by atoms with E-state index < -0.39 is 28.5 Å². The number of hydrogen-bond donors (Lipinski definition) is 1. The normalized spacial score (nSPS) is 16.4. The Morgan fingerprint density at radius 1 is 1.12 bits per heavy atom. The van der Waals surface area contributed by atoms with Crippen molar-refractivity contribution in [1.82, 2.24) is 9.80 Å². The van der Waals surface area contributed by atoms with Gasteiger partial charge in [0.15, 0.2) is 6.61 Å². The lowest BCUT2D eigenvalue weighted by molar-refractivity contribution is -0.143. The van der Waals surface area contributed by atoms with Gasteiger partial charge >= 0.3 is 5.97 Å². The van der Waals surface area contributed by atoms with Gasteiger partial charge in [-0.25, -0.2) is 13.2 Å². The molecule has 10 nitrogen and oxygen atoms in total. The first-order valence-electron chi connectivity index (χ1n) is 10.1. The topological polar surface area (TPSA) is 125 Å². The van der Waals surface area contributed by atoms with E-state index in [1.807, 2.05) is 13.8 Å². The van der Waals surface area contributed by atoms with Gasteiger partial charge in [-0.2, -0.15) is 0 Å². The summed E-state index contributed by atoms with van der Waals surface area (Å²) in [4.78, 5) is 39.9. The average molecular weight is 461 g/mol. The van der Waals surface area contributed by atoms with E-state index in [0.29, 0.717) is 24.3 Å². The summed E-state index contributed by atoms with van der Waals surface area (Å²) in [6.07, 6.45) is 4.25. The zero-order valence-corrected chi connectivity index (χ0v) is 18.6. The summed E-state index contributed by atoms with van der Waals surface area (Å²) in [5, 5.41) is 2.60. The van der Waals surface area contributed by atoms with Crippen molar-refractivity contribution in [3.63, 3.8) is 0 Å². The Morgan fingerprint density at radius 2 is 1.81 bits per heavy atom. The number of fused-ring (bicyclic) bond motifs is 1. The third kappa shape index (κ3) is 5.61. The molecule has 0 aliphatic carbocycles. The Bertz CT molecular complexity index is 1100. The van der Waals surface area contributed by atoms with Crippen molar-refractivity contribution in [1.29, 1.82) is 0 Å². The van der Waals surface area contributed by atoms with Crippen LogP contribution in [0.3, 0.4) is 0 Å². The molecule has 2 aliphatic heterocycles. The Balaban J connectivity index is 1.52. The lowest BCUT2D eigenvalue weighted by Crippen LogP contribution is -2.37. The fourth-order valence-corrected chi connectivity index (χ4v) is 4.09. The number of carbonyl (C=O) groups excluding carboxylic acids is 3. The molecule has 0 saturated carbocycles. The summed E-state index contributed by atoms with van der Waals surface area (Å²) in [6.45, 7) is 4.69. The fourth-order valence-electron chi connectivity index (χ4n) is 3.12. The number of ether oxygens (including phenoxy) is 1. The minimum absolute atomic E-state index is 0.0878. The lowest BCUT2D eigenvalue weighted by atomic mass is 10.1. The average Bonchev–Trinajstić information content (AvgIpc) is 2.77. The molecule has 170 valence electrons. The van der Waals surface area contributed by atoms with Crippen LogP contribution in [0.1, 0.15) is 24.2 Å². The second-order valence-corrected chi connectivity index (χ2v) is 8.78. The molecule has 1 aromatic carbocycles. The van der Waals surface area contributed by atoms with Crippen molar-refractivity contribution in [2.75, 3.05) is 37.3 Å². The highest BCUT2D eigenvalue weighted by atomic mass is 32.2. The summed E-state index contributed by atoms with van der Waals surface area (Å²) in [6, 6.07) is 6.46.